The number of aromatic nitrogens is 3. The molecule has 1 aromatic carbocycles. The van der Waals surface area contributed by atoms with Gasteiger partial charge in [-0.25, -0.2) is 4.79 Å². The zero-order chi connectivity index (χ0) is 14.8. The Morgan fingerprint density at radius 1 is 1.33 bits per heavy atom. The van der Waals surface area contributed by atoms with Gasteiger partial charge in [0.05, 0.1) is 16.2 Å². The van der Waals surface area contributed by atoms with Crippen molar-refractivity contribution >= 4 is 34.9 Å². The van der Waals surface area contributed by atoms with Gasteiger partial charge in [-0.1, -0.05) is 28.4 Å². The van der Waals surface area contributed by atoms with Crippen LogP contribution in [0.25, 0.3) is 0 Å². The molecule has 3 rings (SSSR count). The molecule has 0 bridgehead atoms. The van der Waals surface area contributed by atoms with Gasteiger partial charge in [0, 0.05) is 37.4 Å². The Balaban J connectivity index is 1.50. The summed E-state index contributed by atoms with van der Waals surface area (Å²) in [7, 11) is 0. The Bertz CT molecular complexity index is 640. The van der Waals surface area contributed by atoms with E-state index < -0.39 is 0 Å². The number of likely N-dealkylation sites (tertiary alicyclic amines) is 1. The summed E-state index contributed by atoms with van der Waals surface area (Å²) in [5, 5.41) is 11.4. The Kier molecular flexibility index (Phi) is 3.98. The highest BCUT2D eigenvalue weighted by molar-refractivity contribution is 6.42. The van der Waals surface area contributed by atoms with Gasteiger partial charge < -0.3 is 10.2 Å². The first kappa shape index (κ1) is 14.2. The van der Waals surface area contributed by atoms with E-state index >= 15 is 0 Å². The van der Waals surface area contributed by atoms with Gasteiger partial charge in [-0.15, -0.1) is 5.10 Å². The first-order valence-electron chi connectivity index (χ1n) is 6.47. The number of nitrogens with zero attached hydrogens (tertiary/aromatic N) is 4. The fourth-order valence-corrected chi connectivity index (χ4v) is 2.52. The molecule has 0 atom stereocenters. The maximum atomic E-state index is 12.0. The van der Waals surface area contributed by atoms with Gasteiger partial charge in [-0.2, -0.15) is 0 Å². The van der Waals surface area contributed by atoms with Crippen LogP contribution >= 0.6 is 23.2 Å². The lowest BCUT2D eigenvalue weighted by molar-refractivity contribution is 0.117. The van der Waals surface area contributed by atoms with Crippen molar-refractivity contribution in [2.45, 2.75) is 6.54 Å². The van der Waals surface area contributed by atoms with E-state index in [1.165, 1.54) is 0 Å². The predicted molar refractivity (Wildman–Crippen MR) is 80.6 cm³/mol. The van der Waals surface area contributed by atoms with Gasteiger partial charge in [-0.3, -0.25) is 4.68 Å². The molecule has 2 aromatic rings. The maximum absolute atomic E-state index is 12.0. The second kappa shape index (κ2) is 5.91. The summed E-state index contributed by atoms with van der Waals surface area (Å²) in [6, 6.07) is 4.87. The minimum Gasteiger partial charge on any atom is -0.324 e. The third-order valence-electron chi connectivity index (χ3n) is 3.33. The van der Waals surface area contributed by atoms with Crippen molar-refractivity contribution in [1.29, 1.82) is 0 Å². The molecule has 0 unspecified atom stereocenters. The molecule has 1 aromatic heterocycles. The average Bonchev–Trinajstić information content (AvgIpc) is 2.90. The Morgan fingerprint density at radius 2 is 2.14 bits per heavy atom. The number of carbonyl (C=O) groups excluding carboxylic acids is 1. The van der Waals surface area contributed by atoms with Crippen molar-refractivity contribution in [3.8, 4) is 0 Å². The molecule has 2 amide bonds. The van der Waals surface area contributed by atoms with Crippen LogP contribution in [0.5, 0.6) is 0 Å². The molecule has 1 aliphatic heterocycles. The molecule has 0 saturated carbocycles. The number of benzene rings is 1. The first-order chi connectivity index (χ1) is 10.1. The van der Waals surface area contributed by atoms with Crippen LogP contribution in [0, 0.1) is 5.92 Å². The van der Waals surface area contributed by atoms with E-state index in [9.17, 15) is 4.79 Å². The van der Waals surface area contributed by atoms with E-state index in [1.807, 2.05) is 6.20 Å². The summed E-state index contributed by atoms with van der Waals surface area (Å²) in [6.45, 7) is 2.18. The summed E-state index contributed by atoms with van der Waals surface area (Å²) >= 11 is 11.8. The number of carbonyl (C=O) groups is 1. The molecule has 6 nitrogen and oxygen atoms in total. The van der Waals surface area contributed by atoms with Gasteiger partial charge >= 0.3 is 6.03 Å². The summed E-state index contributed by atoms with van der Waals surface area (Å²) < 4.78 is 1.78. The van der Waals surface area contributed by atoms with Crippen LogP contribution in [0.4, 0.5) is 10.5 Å². The number of hydrogen-bond acceptors (Lipinski definition) is 3. The number of rotatable bonds is 3. The Hall–Kier alpha value is -1.79. The zero-order valence-corrected chi connectivity index (χ0v) is 12.6. The number of amides is 2. The van der Waals surface area contributed by atoms with Crippen LogP contribution in [-0.2, 0) is 6.54 Å². The van der Waals surface area contributed by atoms with E-state index in [0.29, 0.717) is 34.7 Å². The first-order valence-corrected chi connectivity index (χ1v) is 7.22. The van der Waals surface area contributed by atoms with E-state index in [2.05, 4.69) is 15.6 Å². The summed E-state index contributed by atoms with van der Waals surface area (Å²) in [4.78, 5) is 13.8. The number of hydrogen-bond donors (Lipinski definition) is 1. The lowest BCUT2D eigenvalue weighted by Gasteiger charge is -2.38. The van der Waals surface area contributed by atoms with Crippen molar-refractivity contribution in [1.82, 2.24) is 19.9 Å². The van der Waals surface area contributed by atoms with E-state index in [1.54, 1.807) is 34.0 Å². The topological polar surface area (TPSA) is 63.1 Å². The Labute approximate surface area is 131 Å². The molecular formula is C13H13Cl2N5O. The van der Waals surface area contributed by atoms with Gasteiger partial charge in [0.15, 0.2) is 0 Å². The SMILES string of the molecule is O=C(Nc1ccc(Cl)c(Cl)c1)N1CC(Cn2ccnn2)C1. The van der Waals surface area contributed by atoms with Crippen LogP contribution < -0.4 is 5.32 Å². The standard InChI is InChI=1S/C13H13Cl2N5O/c14-11-2-1-10(5-12(11)15)17-13(21)19-6-9(7-19)8-20-4-3-16-18-20/h1-5,9H,6-8H2,(H,17,21). The monoisotopic (exact) mass is 325 g/mol. The minimum absolute atomic E-state index is 0.136. The molecule has 0 spiro atoms. The Morgan fingerprint density at radius 3 is 2.81 bits per heavy atom. The van der Waals surface area contributed by atoms with Gasteiger partial charge in [0.2, 0.25) is 0 Å². The maximum Gasteiger partial charge on any atom is 0.321 e. The molecule has 1 aliphatic rings. The van der Waals surface area contributed by atoms with Gasteiger partial charge in [0.25, 0.3) is 0 Å². The normalized spacial score (nSPS) is 14.9. The highest BCUT2D eigenvalue weighted by Crippen LogP contribution is 2.26. The van der Waals surface area contributed by atoms with E-state index in [-0.39, 0.29) is 6.03 Å². The van der Waals surface area contributed by atoms with Crippen molar-refractivity contribution in [3.05, 3.63) is 40.6 Å². The molecule has 1 saturated heterocycles. The smallest absolute Gasteiger partial charge is 0.321 e. The molecule has 2 heterocycles. The van der Waals surface area contributed by atoms with E-state index in [4.69, 9.17) is 23.2 Å². The fourth-order valence-electron chi connectivity index (χ4n) is 2.22. The molecule has 1 fully saturated rings. The van der Waals surface area contributed by atoms with Crippen molar-refractivity contribution in [2.75, 3.05) is 18.4 Å². The molecular weight excluding hydrogens is 313 g/mol. The number of halogens is 2. The summed E-state index contributed by atoms with van der Waals surface area (Å²) in [6.07, 6.45) is 3.46. The quantitative estimate of drug-likeness (QED) is 0.943. The number of urea groups is 1. The third-order valence-corrected chi connectivity index (χ3v) is 4.07. The van der Waals surface area contributed by atoms with Crippen molar-refractivity contribution in [3.63, 3.8) is 0 Å². The molecule has 21 heavy (non-hydrogen) atoms. The van der Waals surface area contributed by atoms with Crippen LogP contribution in [0.1, 0.15) is 0 Å². The van der Waals surface area contributed by atoms with Crippen LogP contribution in [-0.4, -0.2) is 39.0 Å². The third kappa shape index (κ3) is 3.28. The zero-order valence-electron chi connectivity index (χ0n) is 11.0. The van der Waals surface area contributed by atoms with Crippen LogP contribution in [0.15, 0.2) is 30.6 Å². The number of anilines is 1. The molecule has 110 valence electrons. The van der Waals surface area contributed by atoms with Gasteiger partial charge in [0.1, 0.15) is 0 Å². The van der Waals surface area contributed by atoms with Crippen LogP contribution in [0.2, 0.25) is 10.0 Å². The second-order valence-electron chi connectivity index (χ2n) is 4.96. The van der Waals surface area contributed by atoms with Crippen molar-refractivity contribution in [2.24, 2.45) is 5.92 Å². The lowest BCUT2D eigenvalue weighted by Crippen LogP contribution is -2.53. The van der Waals surface area contributed by atoms with Crippen LogP contribution in [0.3, 0.4) is 0 Å². The minimum atomic E-state index is -0.136. The lowest BCUT2D eigenvalue weighted by atomic mass is 10.0. The fraction of sp³-hybridized carbons (Fsp3) is 0.308. The average molecular weight is 326 g/mol. The summed E-state index contributed by atoms with van der Waals surface area (Å²) in [5.74, 6) is 0.409. The number of nitrogens with one attached hydrogen (secondary N) is 1. The van der Waals surface area contributed by atoms with E-state index in [0.717, 1.165) is 6.54 Å². The highest BCUT2D eigenvalue weighted by Gasteiger charge is 2.31. The molecule has 0 aliphatic carbocycles. The second-order valence-corrected chi connectivity index (χ2v) is 5.77. The van der Waals surface area contributed by atoms with Crippen molar-refractivity contribution < 1.29 is 4.79 Å². The largest absolute Gasteiger partial charge is 0.324 e. The molecule has 0 radical (unpaired) electrons. The summed E-state index contributed by atoms with van der Waals surface area (Å²) in [5.41, 5.74) is 0.633. The predicted octanol–water partition coefficient (Wildman–Crippen LogP) is 2.75. The van der Waals surface area contributed by atoms with Gasteiger partial charge in [-0.05, 0) is 18.2 Å². The highest BCUT2D eigenvalue weighted by atomic mass is 35.5. The molecule has 8 heteroatoms. The molecule has 1 N–H and O–H groups in total.